The zero-order valence-electron chi connectivity index (χ0n) is 12.4. The number of hydrogen-bond acceptors (Lipinski definition) is 3. The highest BCUT2D eigenvalue weighted by Gasteiger charge is 2.45. The van der Waals surface area contributed by atoms with E-state index in [1.807, 2.05) is 23.9 Å². The van der Waals surface area contributed by atoms with Crippen LogP contribution in [0.3, 0.4) is 0 Å². The van der Waals surface area contributed by atoms with Crippen LogP contribution in [0.2, 0.25) is 0 Å². The molecule has 2 heterocycles. The fourth-order valence-corrected chi connectivity index (χ4v) is 5.61. The van der Waals surface area contributed by atoms with Crippen LogP contribution in [0.15, 0.2) is 39.2 Å². The Bertz CT molecular complexity index is 643. The van der Waals surface area contributed by atoms with Crippen molar-refractivity contribution in [3.63, 3.8) is 0 Å². The number of halogens is 1. The molecule has 0 bridgehead atoms. The molecule has 116 valence electrons. The summed E-state index contributed by atoms with van der Waals surface area (Å²) in [4.78, 5) is 14.1. The van der Waals surface area contributed by atoms with Crippen LogP contribution in [0.1, 0.15) is 37.9 Å². The standard InChI is InChI=1S/C17H19BrN2OS/c1-9-2-7-12-13(8-9)22-17-14(12)16(21)19-15(20-17)10-3-5-11(18)6-4-10/h3-6,9,14-15,17,20H,2,7-8H2,1H3,(H,19,21). The quantitative estimate of drug-likeness (QED) is 0.777. The molecule has 3 aliphatic rings. The number of carbonyl (C=O) groups excluding carboxylic acids is 1. The Kier molecular flexibility index (Phi) is 3.83. The Hall–Kier alpha value is -0.780. The summed E-state index contributed by atoms with van der Waals surface area (Å²) in [7, 11) is 0. The van der Waals surface area contributed by atoms with Gasteiger partial charge in [0.25, 0.3) is 0 Å². The lowest BCUT2D eigenvalue weighted by Gasteiger charge is -2.34. The van der Waals surface area contributed by atoms with Crippen molar-refractivity contribution in [3.8, 4) is 0 Å². The maximum absolute atomic E-state index is 12.7. The number of carbonyl (C=O) groups is 1. The summed E-state index contributed by atoms with van der Waals surface area (Å²) < 4.78 is 1.05. The fourth-order valence-electron chi connectivity index (χ4n) is 3.65. The predicted octanol–water partition coefficient (Wildman–Crippen LogP) is 3.93. The predicted molar refractivity (Wildman–Crippen MR) is 93.1 cm³/mol. The summed E-state index contributed by atoms with van der Waals surface area (Å²) >= 11 is 5.34. The van der Waals surface area contributed by atoms with Crippen molar-refractivity contribution >= 4 is 33.6 Å². The first-order chi connectivity index (χ1) is 10.6. The van der Waals surface area contributed by atoms with E-state index in [0.717, 1.165) is 28.8 Å². The monoisotopic (exact) mass is 378 g/mol. The van der Waals surface area contributed by atoms with E-state index in [2.05, 4.69) is 45.6 Å². The van der Waals surface area contributed by atoms with Crippen molar-refractivity contribution < 1.29 is 4.79 Å². The van der Waals surface area contributed by atoms with E-state index in [0.29, 0.717) is 0 Å². The first kappa shape index (κ1) is 14.8. The van der Waals surface area contributed by atoms with E-state index >= 15 is 0 Å². The maximum Gasteiger partial charge on any atom is 0.231 e. The van der Waals surface area contributed by atoms with Crippen LogP contribution in [0.5, 0.6) is 0 Å². The van der Waals surface area contributed by atoms with E-state index in [1.165, 1.54) is 16.9 Å². The molecule has 0 spiro atoms. The molecule has 1 saturated heterocycles. The van der Waals surface area contributed by atoms with E-state index in [9.17, 15) is 4.79 Å². The van der Waals surface area contributed by atoms with Crippen molar-refractivity contribution in [3.05, 3.63) is 44.8 Å². The van der Waals surface area contributed by atoms with Gasteiger partial charge in [0.15, 0.2) is 0 Å². The van der Waals surface area contributed by atoms with Crippen LogP contribution < -0.4 is 10.6 Å². The van der Waals surface area contributed by atoms with Gasteiger partial charge in [-0.05, 0) is 53.4 Å². The molecule has 0 saturated carbocycles. The Labute approximate surface area is 143 Å². The van der Waals surface area contributed by atoms with Crippen LogP contribution in [0.25, 0.3) is 0 Å². The smallest absolute Gasteiger partial charge is 0.231 e. The number of thioether (sulfide) groups is 1. The molecule has 0 radical (unpaired) electrons. The molecular formula is C17H19BrN2OS. The number of allylic oxidation sites excluding steroid dienone is 1. The minimum atomic E-state index is -0.0897. The molecule has 5 heteroatoms. The van der Waals surface area contributed by atoms with Crippen molar-refractivity contribution in [1.29, 1.82) is 0 Å². The van der Waals surface area contributed by atoms with Crippen molar-refractivity contribution in [2.75, 3.05) is 0 Å². The Balaban J connectivity index is 1.56. The minimum absolute atomic E-state index is 0.0270. The molecular weight excluding hydrogens is 360 g/mol. The average molecular weight is 379 g/mol. The van der Waals surface area contributed by atoms with E-state index in [4.69, 9.17) is 0 Å². The minimum Gasteiger partial charge on any atom is -0.336 e. The molecule has 3 nitrogen and oxygen atoms in total. The van der Waals surface area contributed by atoms with Gasteiger partial charge in [-0.3, -0.25) is 10.1 Å². The molecule has 2 aliphatic heterocycles. The Morgan fingerprint density at radius 2 is 2.05 bits per heavy atom. The number of fused-ring (bicyclic) bond motifs is 2. The first-order valence-electron chi connectivity index (χ1n) is 7.82. The lowest BCUT2D eigenvalue weighted by molar-refractivity contribution is -0.127. The molecule has 22 heavy (non-hydrogen) atoms. The zero-order valence-corrected chi connectivity index (χ0v) is 14.8. The second kappa shape index (κ2) is 5.69. The first-order valence-corrected chi connectivity index (χ1v) is 9.49. The van der Waals surface area contributed by atoms with E-state index in [-0.39, 0.29) is 23.4 Å². The van der Waals surface area contributed by atoms with Crippen LogP contribution >= 0.6 is 27.7 Å². The largest absolute Gasteiger partial charge is 0.336 e. The van der Waals surface area contributed by atoms with Gasteiger partial charge in [0.05, 0.1) is 11.3 Å². The van der Waals surface area contributed by atoms with E-state index < -0.39 is 0 Å². The summed E-state index contributed by atoms with van der Waals surface area (Å²) in [6, 6.07) is 8.14. The Morgan fingerprint density at radius 3 is 2.82 bits per heavy atom. The SMILES string of the molecule is CC1CCC2=C(C1)SC1NC(c3ccc(Br)cc3)NC(=O)C21. The summed E-state index contributed by atoms with van der Waals surface area (Å²) in [5.41, 5.74) is 2.50. The highest BCUT2D eigenvalue weighted by atomic mass is 79.9. The van der Waals surface area contributed by atoms with Gasteiger partial charge in [-0.25, -0.2) is 0 Å². The highest BCUT2D eigenvalue weighted by Crippen LogP contribution is 2.50. The lowest BCUT2D eigenvalue weighted by atomic mass is 9.83. The average Bonchev–Trinajstić information content (AvgIpc) is 2.85. The third kappa shape index (κ3) is 2.53. The third-order valence-corrected chi connectivity index (χ3v) is 6.75. The second-order valence-corrected chi connectivity index (χ2v) is 8.62. The lowest BCUT2D eigenvalue weighted by Crippen LogP contribution is -2.54. The molecule has 2 N–H and O–H groups in total. The molecule has 1 amide bonds. The number of rotatable bonds is 1. The summed E-state index contributed by atoms with van der Waals surface area (Å²) in [5.74, 6) is 0.958. The number of benzene rings is 1. The van der Waals surface area contributed by atoms with Crippen LogP contribution in [0.4, 0.5) is 0 Å². The van der Waals surface area contributed by atoms with Crippen LogP contribution in [0, 0.1) is 11.8 Å². The normalized spacial score (nSPS) is 34.2. The molecule has 4 atom stereocenters. The van der Waals surface area contributed by atoms with Gasteiger partial charge in [0.2, 0.25) is 5.91 Å². The summed E-state index contributed by atoms with van der Waals surface area (Å²) in [6.45, 7) is 2.31. The number of hydrogen-bond donors (Lipinski definition) is 2. The van der Waals surface area contributed by atoms with Crippen molar-refractivity contribution in [2.24, 2.45) is 11.8 Å². The second-order valence-electron chi connectivity index (χ2n) is 6.47. The van der Waals surface area contributed by atoms with Gasteiger partial charge in [-0.15, -0.1) is 11.8 Å². The van der Waals surface area contributed by atoms with Gasteiger partial charge < -0.3 is 5.32 Å². The fraction of sp³-hybridized carbons (Fsp3) is 0.471. The van der Waals surface area contributed by atoms with E-state index in [1.54, 1.807) is 0 Å². The van der Waals surface area contributed by atoms with Gasteiger partial charge >= 0.3 is 0 Å². The molecule has 1 fully saturated rings. The highest BCUT2D eigenvalue weighted by molar-refractivity contribution is 9.10. The Morgan fingerprint density at radius 1 is 1.27 bits per heavy atom. The van der Waals surface area contributed by atoms with Crippen molar-refractivity contribution in [1.82, 2.24) is 10.6 Å². The summed E-state index contributed by atoms with van der Waals surface area (Å²) in [5, 5.41) is 6.97. The summed E-state index contributed by atoms with van der Waals surface area (Å²) in [6.07, 6.45) is 3.35. The van der Waals surface area contributed by atoms with Crippen LogP contribution in [-0.2, 0) is 4.79 Å². The van der Waals surface area contributed by atoms with Crippen molar-refractivity contribution in [2.45, 2.75) is 37.7 Å². The van der Waals surface area contributed by atoms with Crippen LogP contribution in [-0.4, -0.2) is 11.3 Å². The zero-order chi connectivity index (χ0) is 15.3. The molecule has 1 aromatic carbocycles. The van der Waals surface area contributed by atoms with Gasteiger partial charge in [0, 0.05) is 4.47 Å². The molecule has 0 aromatic heterocycles. The third-order valence-electron chi connectivity index (χ3n) is 4.85. The topological polar surface area (TPSA) is 41.1 Å². The van der Waals surface area contributed by atoms with Gasteiger partial charge in [-0.1, -0.05) is 35.0 Å². The molecule has 1 aromatic rings. The number of amides is 1. The maximum atomic E-state index is 12.7. The van der Waals surface area contributed by atoms with Gasteiger partial charge in [0.1, 0.15) is 6.17 Å². The molecule has 1 aliphatic carbocycles. The molecule has 4 unspecified atom stereocenters. The van der Waals surface area contributed by atoms with Gasteiger partial charge in [-0.2, -0.15) is 0 Å². The molecule has 4 rings (SSSR count). The number of nitrogens with one attached hydrogen (secondary N) is 2.